The van der Waals surface area contributed by atoms with Gasteiger partial charge < -0.3 is 10.6 Å². The first-order valence-electron chi connectivity index (χ1n) is 5.11. The maximum Gasteiger partial charge on any atom is 0.195 e. The van der Waals surface area contributed by atoms with Gasteiger partial charge >= 0.3 is 0 Å². The van der Waals surface area contributed by atoms with Crippen molar-refractivity contribution in [3.05, 3.63) is 71.8 Å². The highest BCUT2D eigenvalue weighted by Gasteiger charge is 2.18. The van der Waals surface area contributed by atoms with E-state index in [4.69, 9.17) is 0 Å². The Morgan fingerprint density at radius 1 is 0.882 bits per heavy atom. The molecule has 0 aliphatic heterocycles. The quantitative estimate of drug-likeness (QED) is 0.816. The molecule has 0 fully saturated rings. The van der Waals surface area contributed by atoms with Crippen molar-refractivity contribution < 1.29 is 15.4 Å². The van der Waals surface area contributed by atoms with Crippen molar-refractivity contribution in [1.82, 2.24) is 0 Å². The molecule has 0 aromatic heterocycles. The van der Waals surface area contributed by atoms with Gasteiger partial charge in [-0.2, -0.15) is 0 Å². The molecule has 0 aliphatic carbocycles. The molecule has 3 nitrogen and oxygen atoms in total. The lowest BCUT2D eigenvalue weighted by Crippen LogP contribution is -2.11. The first-order valence-corrected chi connectivity index (χ1v) is 5.11. The third-order valence-electron chi connectivity index (χ3n) is 2.42. The van der Waals surface area contributed by atoms with Crippen LogP contribution in [0.1, 0.15) is 22.0 Å². The van der Waals surface area contributed by atoms with Crippen LogP contribution in [0.5, 0.6) is 0 Å². The first kappa shape index (κ1) is 13.1. The van der Waals surface area contributed by atoms with Crippen molar-refractivity contribution in [3.8, 4) is 0 Å². The van der Waals surface area contributed by atoms with Crippen LogP contribution in [0, 0.1) is 0 Å². The van der Waals surface area contributed by atoms with E-state index in [9.17, 15) is 9.90 Å². The van der Waals surface area contributed by atoms with Gasteiger partial charge in [0.25, 0.3) is 0 Å². The van der Waals surface area contributed by atoms with E-state index in [-0.39, 0.29) is 11.3 Å². The summed E-state index contributed by atoms with van der Waals surface area (Å²) < 4.78 is 0. The Bertz CT molecular complexity index is 465. The lowest BCUT2D eigenvalue weighted by atomic mass is 10.0. The van der Waals surface area contributed by atoms with E-state index >= 15 is 0 Å². The van der Waals surface area contributed by atoms with Gasteiger partial charge in [0.1, 0.15) is 6.10 Å². The SMILES string of the molecule is O.O=C(c1ccccc1)C(O)c1ccccc1. The normalized spacial score (nSPS) is 11.4. The van der Waals surface area contributed by atoms with Gasteiger partial charge in [0.05, 0.1) is 0 Å². The van der Waals surface area contributed by atoms with Gasteiger partial charge in [-0.25, -0.2) is 0 Å². The first-order chi connectivity index (χ1) is 7.79. The summed E-state index contributed by atoms with van der Waals surface area (Å²) in [5, 5.41) is 9.89. The number of Topliss-reactive ketones (excluding diaryl/α,β-unsaturated/α-hetero) is 1. The third-order valence-corrected chi connectivity index (χ3v) is 2.42. The van der Waals surface area contributed by atoms with E-state index in [1.54, 1.807) is 48.5 Å². The van der Waals surface area contributed by atoms with Gasteiger partial charge in [-0.15, -0.1) is 0 Å². The molecule has 0 heterocycles. The lowest BCUT2D eigenvalue weighted by molar-refractivity contribution is 0.0747. The van der Waals surface area contributed by atoms with E-state index in [0.717, 1.165) is 0 Å². The van der Waals surface area contributed by atoms with Crippen LogP contribution in [-0.4, -0.2) is 16.4 Å². The number of aliphatic hydroxyl groups is 1. The zero-order valence-corrected chi connectivity index (χ0v) is 9.21. The molecular formula is C14H14O3. The van der Waals surface area contributed by atoms with E-state index in [1.807, 2.05) is 12.1 Å². The fraction of sp³-hybridized carbons (Fsp3) is 0.0714. The molecule has 0 saturated carbocycles. The number of aliphatic hydroxyl groups excluding tert-OH is 1. The Labute approximate surface area is 99.7 Å². The van der Waals surface area contributed by atoms with E-state index < -0.39 is 6.10 Å². The molecular weight excluding hydrogens is 216 g/mol. The van der Waals surface area contributed by atoms with Gasteiger partial charge in [-0.05, 0) is 5.56 Å². The predicted molar refractivity (Wildman–Crippen MR) is 65.8 cm³/mol. The average molecular weight is 230 g/mol. The molecule has 0 saturated heterocycles. The summed E-state index contributed by atoms with van der Waals surface area (Å²) in [7, 11) is 0. The van der Waals surface area contributed by atoms with E-state index in [0.29, 0.717) is 11.1 Å². The van der Waals surface area contributed by atoms with Crippen molar-refractivity contribution >= 4 is 5.78 Å². The Morgan fingerprint density at radius 2 is 1.35 bits per heavy atom. The van der Waals surface area contributed by atoms with E-state index in [1.165, 1.54) is 0 Å². The minimum atomic E-state index is -1.08. The second-order valence-electron chi connectivity index (χ2n) is 3.54. The van der Waals surface area contributed by atoms with Gasteiger partial charge in [-0.3, -0.25) is 4.79 Å². The van der Waals surface area contributed by atoms with Crippen molar-refractivity contribution in [3.63, 3.8) is 0 Å². The van der Waals surface area contributed by atoms with Crippen molar-refractivity contribution in [1.29, 1.82) is 0 Å². The molecule has 0 aliphatic rings. The molecule has 1 atom stereocenters. The summed E-state index contributed by atoms with van der Waals surface area (Å²) in [4.78, 5) is 11.9. The summed E-state index contributed by atoms with van der Waals surface area (Å²) >= 11 is 0. The fourth-order valence-corrected chi connectivity index (χ4v) is 1.55. The molecule has 0 spiro atoms. The molecule has 0 radical (unpaired) electrons. The highest BCUT2D eigenvalue weighted by molar-refractivity contribution is 5.99. The van der Waals surface area contributed by atoms with Gasteiger partial charge in [0.2, 0.25) is 0 Å². The van der Waals surface area contributed by atoms with Crippen molar-refractivity contribution in [2.24, 2.45) is 0 Å². The number of benzene rings is 2. The molecule has 2 aromatic rings. The fourth-order valence-electron chi connectivity index (χ4n) is 1.55. The number of ketones is 1. The molecule has 0 amide bonds. The van der Waals surface area contributed by atoms with E-state index in [2.05, 4.69) is 0 Å². The van der Waals surface area contributed by atoms with Crippen LogP contribution in [-0.2, 0) is 0 Å². The molecule has 3 N–H and O–H groups in total. The third kappa shape index (κ3) is 3.00. The van der Waals surface area contributed by atoms with Crippen LogP contribution < -0.4 is 0 Å². The number of hydrogen-bond donors (Lipinski definition) is 1. The van der Waals surface area contributed by atoms with Crippen LogP contribution in [0.3, 0.4) is 0 Å². The number of carbonyl (C=O) groups excluding carboxylic acids is 1. The van der Waals surface area contributed by atoms with Crippen molar-refractivity contribution in [2.75, 3.05) is 0 Å². The topological polar surface area (TPSA) is 68.8 Å². The summed E-state index contributed by atoms with van der Waals surface area (Å²) in [5.41, 5.74) is 1.15. The van der Waals surface area contributed by atoms with Crippen molar-refractivity contribution in [2.45, 2.75) is 6.10 Å². The number of rotatable bonds is 3. The zero-order chi connectivity index (χ0) is 11.4. The molecule has 2 rings (SSSR count). The Morgan fingerprint density at radius 3 is 1.88 bits per heavy atom. The van der Waals surface area contributed by atoms with Crippen LogP contribution >= 0.6 is 0 Å². The number of hydrogen-bond acceptors (Lipinski definition) is 2. The minimum absolute atomic E-state index is 0. The molecule has 17 heavy (non-hydrogen) atoms. The predicted octanol–water partition coefficient (Wildman–Crippen LogP) is 1.78. The van der Waals surface area contributed by atoms with Crippen LogP contribution in [0.4, 0.5) is 0 Å². The smallest absolute Gasteiger partial charge is 0.195 e. The summed E-state index contributed by atoms with van der Waals surface area (Å²) in [6, 6.07) is 17.7. The van der Waals surface area contributed by atoms with Crippen LogP contribution in [0.25, 0.3) is 0 Å². The summed E-state index contributed by atoms with van der Waals surface area (Å²) in [6.45, 7) is 0. The highest BCUT2D eigenvalue weighted by atomic mass is 16.3. The van der Waals surface area contributed by atoms with Crippen LogP contribution in [0.2, 0.25) is 0 Å². The summed E-state index contributed by atoms with van der Waals surface area (Å²) in [6.07, 6.45) is -1.08. The highest BCUT2D eigenvalue weighted by Crippen LogP contribution is 2.17. The second kappa shape index (κ2) is 5.94. The summed E-state index contributed by atoms with van der Waals surface area (Å²) in [5.74, 6) is -0.271. The monoisotopic (exact) mass is 230 g/mol. The zero-order valence-electron chi connectivity index (χ0n) is 9.21. The Balaban J connectivity index is 0.00000144. The maximum absolute atomic E-state index is 11.9. The van der Waals surface area contributed by atoms with Crippen LogP contribution in [0.15, 0.2) is 60.7 Å². The maximum atomic E-state index is 11.9. The standard InChI is InChI=1S/C14H12O2.H2O/c15-13(11-7-3-1-4-8-11)14(16)12-9-5-2-6-10-12;/h1-10,13,15H;1H2. The Kier molecular flexibility index (Phi) is 4.57. The Hall–Kier alpha value is -1.97. The largest absolute Gasteiger partial charge is 0.412 e. The minimum Gasteiger partial charge on any atom is -0.412 e. The average Bonchev–Trinajstić information content (AvgIpc) is 2.39. The molecule has 1 unspecified atom stereocenters. The molecule has 3 heteroatoms. The number of carbonyl (C=O) groups is 1. The molecule has 0 bridgehead atoms. The lowest BCUT2D eigenvalue weighted by Gasteiger charge is -2.09. The molecule has 2 aromatic carbocycles. The molecule has 88 valence electrons. The van der Waals surface area contributed by atoms with Gasteiger partial charge in [-0.1, -0.05) is 60.7 Å². The second-order valence-corrected chi connectivity index (χ2v) is 3.54. The van der Waals surface area contributed by atoms with Gasteiger partial charge in [0, 0.05) is 5.56 Å². The van der Waals surface area contributed by atoms with Gasteiger partial charge in [0.15, 0.2) is 5.78 Å².